The van der Waals surface area contributed by atoms with E-state index in [1.165, 1.54) is 4.88 Å². The zero-order chi connectivity index (χ0) is 14.9. The van der Waals surface area contributed by atoms with Gasteiger partial charge >= 0.3 is 0 Å². The highest BCUT2D eigenvalue weighted by atomic mass is 32.1. The van der Waals surface area contributed by atoms with E-state index < -0.39 is 6.10 Å². The summed E-state index contributed by atoms with van der Waals surface area (Å²) in [5.74, 6) is 0.0619. The molecule has 4 heteroatoms. The lowest BCUT2D eigenvalue weighted by Gasteiger charge is -2.11. The average Bonchev–Trinajstić information content (AvgIpc) is 3.01. The average molecular weight is 303 g/mol. The molecule has 2 N–H and O–H groups in total. The predicted molar refractivity (Wildman–Crippen MR) is 86.3 cm³/mol. The quantitative estimate of drug-likeness (QED) is 0.786. The summed E-state index contributed by atoms with van der Waals surface area (Å²) < 4.78 is 0. The molecule has 0 bridgehead atoms. The molecule has 21 heavy (non-hydrogen) atoms. The molecule has 1 aromatic heterocycles. The van der Waals surface area contributed by atoms with Crippen molar-refractivity contribution in [2.24, 2.45) is 0 Å². The molecule has 1 aromatic carbocycles. The molecule has 1 amide bonds. The second kappa shape index (κ2) is 8.60. The van der Waals surface area contributed by atoms with Crippen molar-refractivity contribution in [2.45, 2.75) is 31.8 Å². The molecule has 2 aromatic rings. The van der Waals surface area contributed by atoms with Gasteiger partial charge in [0.1, 0.15) is 0 Å². The van der Waals surface area contributed by atoms with Crippen molar-refractivity contribution in [1.82, 2.24) is 5.32 Å². The molecule has 1 unspecified atom stereocenters. The van der Waals surface area contributed by atoms with Gasteiger partial charge in [0, 0.05) is 17.8 Å². The van der Waals surface area contributed by atoms with Crippen LogP contribution >= 0.6 is 11.3 Å². The first-order valence-corrected chi connectivity index (χ1v) is 8.16. The summed E-state index contributed by atoms with van der Waals surface area (Å²) in [5, 5.41) is 14.9. The Morgan fingerprint density at radius 1 is 1.19 bits per heavy atom. The Morgan fingerprint density at radius 2 is 2.00 bits per heavy atom. The van der Waals surface area contributed by atoms with E-state index >= 15 is 0 Å². The van der Waals surface area contributed by atoms with Crippen LogP contribution in [0.25, 0.3) is 0 Å². The van der Waals surface area contributed by atoms with Crippen molar-refractivity contribution in [3.63, 3.8) is 0 Å². The molecule has 0 aliphatic rings. The zero-order valence-corrected chi connectivity index (χ0v) is 12.8. The Kier molecular flexibility index (Phi) is 6.44. The zero-order valence-electron chi connectivity index (χ0n) is 12.0. The van der Waals surface area contributed by atoms with Gasteiger partial charge in [0.2, 0.25) is 5.91 Å². The van der Waals surface area contributed by atoms with E-state index in [0.29, 0.717) is 19.4 Å². The van der Waals surface area contributed by atoms with Gasteiger partial charge in [-0.3, -0.25) is 4.79 Å². The van der Waals surface area contributed by atoms with Crippen LogP contribution in [0.4, 0.5) is 0 Å². The Morgan fingerprint density at radius 3 is 2.71 bits per heavy atom. The first-order chi connectivity index (χ1) is 10.3. The molecule has 1 heterocycles. The third kappa shape index (κ3) is 5.69. The third-order valence-electron chi connectivity index (χ3n) is 3.33. The van der Waals surface area contributed by atoms with Crippen LogP contribution in [0.15, 0.2) is 47.8 Å². The number of hydrogen-bond donors (Lipinski definition) is 2. The monoisotopic (exact) mass is 303 g/mol. The topological polar surface area (TPSA) is 49.3 Å². The molecule has 2 rings (SSSR count). The molecule has 0 aliphatic carbocycles. The molecule has 0 saturated heterocycles. The molecule has 0 aliphatic heterocycles. The number of nitrogens with one attached hydrogen (secondary N) is 1. The van der Waals surface area contributed by atoms with Crippen LogP contribution < -0.4 is 5.32 Å². The van der Waals surface area contributed by atoms with E-state index in [-0.39, 0.29) is 5.91 Å². The molecule has 0 radical (unpaired) electrons. The minimum Gasteiger partial charge on any atom is -0.388 e. The Balaban J connectivity index is 1.58. The molecule has 0 fully saturated rings. The first kappa shape index (κ1) is 15.7. The van der Waals surface area contributed by atoms with Crippen molar-refractivity contribution in [1.29, 1.82) is 0 Å². The SMILES string of the molecule is O=C(CCCc1cccs1)NCCC(O)c1ccccc1. The van der Waals surface area contributed by atoms with Gasteiger partial charge < -0.3 is 10.4 Å². The smallest absolute Gasteiger partial charge is 0.220 e. The van der Waals surface area contributed by atoms with Gasteiger partial charge in [-0.1, -0.05) is 36.4 Å². The standard InChI is InChI=1S/C17H21NO2S/c19-16(14-6-2-1-3-7-14)11-12-18-17(20)10-4-8-15-9-5-13-21-15/h1-3,5-7,9,13,16,19H,4,8,10-12H2,(H,18,20). The van der Waals surface area contributed by atoms with Crippen molar-refractivity contribution < 1.29 is 9.90 Å². The van der Waals surface area contributed by atoms with Crippen LogP contribution in [0.3, 0.4) is 0 Å². The normalized spacial score (nSPS) is 12.0. The summed E-state index contributed by atoms with van der Waals surface area (Å²) in [4.78, 5) is 13.0. The highest BCUT2D eigenvalue weighted by Crippen LogP contribution is 2.15. The number of thiophene rings is 1. The van der Waals surface area contributed by atoms with Crippen LogP contribution in [0.2, 0.25) is 0 Å². The lowest BCUT2D eigenvalue weighted by atomic mass is 10.1. The van der Waals surface area contributed by atoms with E-state index in [1.807, 2.05) is 36.4 Å². The van der Waals surface area contributed by atoms with Crippen LogP contribution in [0.5, 0.6) is 0 Å². The summed E-state index contributed by atoms with van der Waals surface area (Å²) in [6.07, 6.45) is 2.39. The molecule has 0 spiro atoms. The largest absolute Gasteiger partial charge is 0.388 e. The Labute approximate surface area is 129 Å². The van der Waals surface area contributed by atoms with Gasteiger partial charge in [-0.05, 0) is 36.3 Å². The Hall–Kier alpha value is -1.65. The number of carbonyl (C=O) groups excluding carboxylic acids is 1. The van der Waals surface area contributed by atoms with Crippen LogP contribution in [-0.2, 0) is 11.2 Å². The predicted octanol–water partition coefficient (Wildman–Crippen LogP) is 3.31. The van der Waals surface area contributed by atoms with Crippen LogP contribution in [0, 0.1) is 0 Å². The lowest BCUT2D eigenvalue weighted by Crippen LogP contribution is -2.25. The number of carbonyl (C=O) groups is 1. The summed E-state index contributed by atoms with van der Waals surface area (Å²) in [7, 11) is 0. The number of aliphatic hydroxyl groups is 1. The summed E-state index contributed by atoms with van der Waals surface area (Å²) in [6.45, 7) is 0.508. The number of amides is 1. The van der Waals surface area contributed by atoms with E-state index in [1.54, 1.807) is 11.3 Å². The fraction of sp³-hybridized carbons (Fsp3) is 0.353. The first-order valence-electron chi connectivity index (χ1n) is 7.28. The van der Waals surface area contributed by atoms with Crippen molar-refractivity contribution in [3.05, 3.63) is 58.3 Å². The van der Waals surface area contributed by atoms with E-state index in [0.717, 1.165) is 18.4 Å². The number of aliphatic hydroxyl groups excluding tert-OH is 1. The van der Waals surface area contributed by atoms with Crippen molar-refractivity contribution in [3.8, 4) is 0 Å². The second-order valence-electron chi connectivity index (χ2n) is 5.00. The maximum atomic E-state index is 11.7. The van der Waals surface area contributed by atoms with E-state index in [9.17, 15) is 9.90 Å². The lowest BCUT2D eigenvalue weighted by molar-refractivity contribution is -0.121. The van der Waals surface area contributed by atoms with Gasteiger partial charge in [0.15, 0.2) is 0 Å². The highest BCUT2D eigenvalue weighted by Gasteiger charge is 2.07. The molecular weight excluding hydrogens is 282 g/mol. The fourth-order valence-electron chi connectivity index (χ4n) is 2.16. The number of rotatable bonds is 8. The van der Waals surface area contributed by atoms with E-state index in [2.05, 4.69) is 16.8 Å². The van der Waals surface area contributed by atoms with Gasteiger partial charge in [0.25, 0.3) is 0 Å². The highest BCUT2D eigenvalue weighted by molar-refractivity contribution is 7.09. The van der Waals surface area contributed by atoms with Gasteiger partial charge in [-0.25, -0.2) is 0 Å². The molecular formula is C17H21NO2S. The molecule has 112 valence electrons. The van der Waals surface area contributed by atoms with Crippen LogP contribution in [-0.4, -0.2) is 17.6 Å². The molecule has 1 atom stereocenters. The summed E-state index contributed by atoms with van der Waals surface area (Å²) in [5.41, 5.74) is 0.893. The maximum Gasteiger partial charge on any atom is 0.220 e. The molecule has 3 nitrogen and oxygen atoms in total. The summed E-state index contributed by atoms with van der Waals surface area (Å²) >= 11 is 1.73. The minimum absolute atomic E-state index is 0.0619. The third-order valence-corrected chi connectivity index (χ3v) is 4.27. The fourth-order valence-corrected chi connectivity index (χ4v) is 2.91. The number of benzene rings is 1. The van der Waals surface area contributed by atoms with Gasteiger partial charge in [-0.15, -0.1) is 11.3 Å². The number of hydrogen-bond acceptors (Lipinski definition) is 3. The van der Waals surface area contributed by atoms with Crippen LogP contribution in [0.1, 0.15) is 35.8 Å². The second-order valence-corrected chi connectivity index (χ2v) is 6.03. The van der Waals surface area contributed by atoms with Crippen molar-refractivity contribution >= 4 is 17.2 Å². The number of aryl methyl sites for hydroxylation is 1. The van der Waals surface area contributed by atoms with Crippen molar-refractivity contribution in [2.75, 3.05) is 6.54 Å². The Bertz CT molecular complexity index is 525. The van der Waals surface area contributed by atoms with Gasteiger partial charge in [0.05, 0.1) is 6.10 Å². The maximum absolute atomic E-state index is 11.7. The van der Waals surface area contributed by atoms with Gasteiger partial charge in [-0.2, -0.15) is 0 Å². The summed E-state index contributed by atoms with van der Waals surface area (Å²) in [6, 6.07) is 13.7. The minimum atomic E-state index is -0.516. The molecule has 0 saturated carbocycles. The van der Waals surface area contributed by atoms with E-state index in [4.69, 9.17) is 0 Å².